The van der Waals surface area contributed by atoms with Gasteiger partial charge in [-0.1, -0.05) is 5.16 Å². The van der Waals surface area contributed by atoms with Crippen molar-refractivity contribution >= 4 is 5.84 Å². The summed E-state index contributed by atoms with van der Waals surface area (Å²) >= 11 is 0. The summed E-state index contributed by atoms with van der Waals surface area (Å²) in [6.45, 7) is 3.17. The number of likely N-dealkylation sites (N-methyl/N-ethyl adjacent to an activating group) is 1. The van der Waals surface area contributed by atoms with Gasteiger partial charge in [-0.2, -0.15) is 0 Å². The van der Waals surface area contributed by atoms with Crippen LogP contribution in [0.1, 0.15) is 18.1 Å². The highest BCUT2D eigenvalue weighted by atomic mass is 19.1. The third kappa shape index (κ3) is 4.50. The predicted molar refractivity (Wildman–Crippen MR) is 71.7 cm³/mol. The van der Waals surface area contributed by atoms with Crippen LogP contribution in [0.5, 0.6) is 0 Å². The Morgan fingerprint density at radius 2 is 2.21 bits per heavy atom. The molecule has 0 bridgehead atoms. The number of nitrogens with zero attached hydrogens (tertiary/aromatic N) is 2. The molecule has 0 saturated carbocycles. The Hall–Kier alpha value is -1.66. The zero-order chi connectivity index (χ0) is 14.4. The van der Waals surface area contributed by atoms with Crippen molar-refractivity contribution < 1.29 is 14.3 Å². The molecule has 0 spiro atoms. The van der Waals surface area contributed by atoms with E-state index < -0.39 is 5.82 Å². The van der Waals surface area contributed by atoms with E-state index in [4.69, 9.17) is 15.7 Å². The van der Waals surface area contributed by atoms with Crippen molar-refractivity contribution in [3.05, 3.63) is 35.1 Å². The lowest BCUT2D eigenvalue weighted by Gasteiger charge is -2.24. The van der Waals surface area contributed by atoms with E-state index in [1.807, 2.05) is 18.9 Å². The fourth-order valence-electron chi connectivity index (χ4n) is 1.76. The summed E-state index contributed by atoms with van der Waals surface area (Å²) in [5.74, 6) is -0.514. The fourth-order valence-corrected chi connectivity index (χ4v) is 1.76. The lowest BCUT2D eigenvalue weighted by Crippen LogP contribution is -2.32. The van der Waals surface area contributed by atoms with Crippen LogP contribution in [0.3, 0.4) is 0 Å². The summed E-state index contributed by atoms with van der Waals surface area (Å²) in [5, 5.41) is 11.5. The van der Waals surface area contributed by atoms with Crippen molar-refractivity contribution in [2.75, 3.05) is 20.8 Å². The minimum Gasteiger partial charge on any atom is -0.409 e. The Labute approximate surface area is 112 Å². The average Bonchev–Trinajstić information content (AvgIpc) is 2.37. The van der Waals surface area contributed by atoms with Crippen LogP contribution in [0.4, 0.5) is 4.39 Å². The standard InChI is InChI=1S/C13H20FN3O2/c1-9(8-19-3)17(2)7-10-4-11(13(15)16-18)6-12(14)5-10/h4-6,9,18H,7-8H2,1-3H3,(H2,15,16). The van der Waals surface area contributed by atoms with E-state index in [0.717, 1.165) is 5.56 Å². The maximum absolute atomic E-state index is 13.5. The Morgan fingerprint density at radius 3 is 2.79 bits per heavy atom. The van der Waals surface area contributed by atoms with Crippen molar-refractivity contribution in [1.29, 1.82) is 0 Å². The highest BCUT2D eigenvalue weighted by Crippen LogP contribution is 2.12. The van der Waals surface area contributed by atoms with E-state index in [-0.39, 0.29) is 11.9 Å². The second kappa shape index (κ2) is 7.06. The van der Waals surface area contributed by atoms with E-state index in [1.54, 1.807) is 13.2 Å². The van der Waals surface area contributed by atoms with Gasteiger partial charge in [-0.25, -0.2) is 4.39 Å². The molecule has 0 heterocycles. The van der Waals surface area contributed by atoms with Gasteiger partial charge in [0.05, 0.1) is 6.61 Å². The van der Waals surface area contributed by atoms with Gasteiger partial charge >= 0.3 is 0 Å². The molecule has 1 atom stereocenters. The summed E-state index contributed by atoms with van der Waals surface area (Å²) in [6, 6.07) is 4.58. The lowest BCUT2D eigenvalue weighted by atomic mass is 10.1. The zero-order valence-corrected chi connectivity index (χ0v) is 11.4. The number of rotatable bonds is 6. The molecule has 1 rings (SSSR count). The molecule has 6 heteroatoms. The number of hydrogen-bond donors (Lipinski definition) is 2. The number of nitrogens with two attached hydrogens (primary N) is 1. The van der Waals surface area contributed by atoms with Crippen LogP contribution in [0.25, 0.3) is 0 Å². The lowest BCUT2D eigenvalue weighted by molar-refractivity contribution is 0.112. The van der Waals surface area contributed by atoms with E-state index in [1.165, 1.54) is 12.1 Å². The number of halogens is 1. The molecule has 0 aliphatic rings. The van der Waals surface area contributed by atoms with Crippen LogP contribution >= 0.6 is 0 Å². The molecule has 3 N–H and O–H groups in total. The normalized spacial score (nSPS) is 13.8. The minimum absolute atomic E-state index is 0.103. The van der Waals surface area contributed by atoms with Gasteiger partial charge in [-0.15, -0.1) is 0 Å². The first kappa shape index (κ1) is 15.4. The molecule has 1 unspecified atom stereocenters. The first-order valence-electron chi connectivity index (χ1n) is 5.94. The Bertz CT molecular complexity index is 452. The van der Waals surface area contributed by atoms with Crippen LogP contribution in [-0.4, -0.2) is 42.7 Å². The van der Waals surface area contributed by atoms with Crippen molar-refractivity contribution in [2.24, 2.45) is 10.9 Å². The monoisotopic (exact) mass is 269 g/mol. The fraction of sp³-hybridized carbons (Fsp3) is 0.462. The first-order valence-corrected chi connectivity index (χ1v) is 5.94. The molecule has 0 aromatic heterocycles. The summed E-state index contributed by atoms with van der Waals surface area (Å²) in [5.41, 5.74) is 6.59. The van der Waals surface area contributed by atoms with E-state index >= 15 is 0 Å². The van der Waals surface area contributed by atoms with E-state index in [9.17, 15) is 4.39 Å². The molecule has 0 saturated heterocycles. The minimum atomic E-state index is -0.410. The number of amidine groups is 1. The third-order valence-corrected chi connectivity index (χ3v) is 2.95. The molecule has 0 aliphatic heterocycles. The molecule has 0 aliphatic carbocycles. The number of ether oxygens (including phenoxy) is 1. The summed E-state index contributed by atoms with van der Waals surface area (Å²) in [6.07, 6.45) is 0. The SMILES string of the molecule is COCC(C)N(C)Cc1cc(F)cc(/C(N)=N/O)c1. The van der Waals surface area contributed by atoms with Gasteiger partial charge in [0.1, 0.15) is 5.82 Å². The molecule has 106 valence electrons. The first-order chi connectivity index (χ1) is 8.97. The predicted octanol–water partition coefficient (Wildman–Crippen LogP) is 1.39. The molecule has 1 aromatic carbocycles. The van der Waals surface area contributed by atoms with E-state index in [2.05, 4.69) is 5.16 Å². The maximum Gasteiger partial charge on any atom is 0.170 e. The molecular formula is C13H20FN3O2. The van der Waals surface area contributed by atoms with Gasteiger partial charge in [0.25, 0.3) is 0 Å². The summed E-state index contributed by atoms with van der Waals surface area (Å²) in [4.78, 5) is 2.04. The van der Waals surface area contributed by atoms with Gasteiger partial charge in [-0.3, -0.25) is 4.90 Å². The molecule has 1 aromatic rings. The van der Waals surface area contributed by atoms with Gasteiger partial charge < -0.3 is 15.7 Å². The largest absolute Gasteiger partial charge is 0.409 e. The second-order valence-electron chi connectivity index (χ2n) is 4.55. The van der Waals surface area contributed by atoms with Crippen molar-refractivity contribution in [3.63, 3.8) is 0 Å². The molecule has 19 heavy (non-hydrogen) atoms. The number of methoxy groups -OCH3 is 1. The summed E-state index contributed by atoms with van der Waals surface area (Å²) in [7, 11) is 3.57. The Balaban J connectivity index is 2.86. The third-order valence-electron chi connectivity index (χ3n) is 2.95. The summed E-state index contributed by atoms with van der Waals surface area (Å²) < 4.78 is 18.6. The Morgan fingerprint density at radius 1 is 1.53 bits per heavy atom. The van der Waals surface area contributed by atoms with Gasteiger partial charge in [0, 0.05) is 25.3 Å². The van der Waals surface area contributed by atoms with Gasteiger partial charge in [-0.05, 0) is 37.7 Å². The zero-order valence-electron chi connectivity index (χ0n) is 11.4. The quantitative estimate of drug-likeness (QED) is 0.354. The van der Waals surface area contributed by atoms with Crippen LogP contribution in [0.2, 0.25) is 0 Å². The van der Waals surface area contributed by atoms with E-state index in [0.29, 0.717) is 18.7 Å². The van der Waals surface area contributed by atoms with Gasteiger partial charge in [0.15, 0.2) is 5.84 Å². The van der Waals surface area contributed by atoms with Crippen LogP contribution in [-0.2, 0) is 11.3 Å². The van der Waals surface area contributed by atoms with Gasteiger partial charge in [0.2, 0.25) is 0 Å². The Kier molecular flexibility index (Phi) is 5.72. The molecule has 0 fully saturated rings. The number of benzene rings is 1. The average molecular weight is 269 g/mol. The van der Waals surface area contributed by atoms with Crippen molar-refractivity contribution in [1.82, 2.24) is 4.90 Å². The van der Waals surface area contributed by atoms with Crippen LogP contribution < -0.4 is 5.73 Å². The second-order valence-corrected chi connectivity index (χ2v) is 4.55. The van der Waals surface area contributed by atoms with Crippen LogP contribution in [0.15, 0.2) is 23.4 Å². The molecule has 0 radical (unpaired) electrons. The topological polar surface area (TPSA) is 71.1 Å². The highest BCUT2D eigenvalue weighted by molar-refractivity contribution is 5.97. The molecule has 0 amide bonds. The molecule has 5 nitrogen and oxygen atoms in total. The van der Waals surface area contributed by atoms with Crippen molar-refractivity contribution in [3.8, 4) is 0 Å². The van der Waals surface area contributed by atoms with Crippen LogP contribution in [0, 0.1) is 5.82 Å². The smallest absolute Gasteiger partial charge is 0.170 e. The maximum atomic E-state index is 13.5. The number of oxime groups is 1. The number of hydrogen-bond acceptors (Lipinski definition) is 4. The highest BCUT2D eigenvalue weighted by Gasteiger charge is 2.11. The van der Waals surface area contributed by atoms with Crippen molar-refractivity contribution in [2.45, 2.75) is 19.5 Å². The molecular weight excluding hydrogens is 249 g/mol.